The summed E-state index contributed by atoms with van der Waals surface area (Å²) in [4.78, 5) is 35.5. The van der Waals surface area contributed by atoms with Gasteiger partial charge in [-0.2, -0.15) is 0 Å². The van der Waals surface area contributed by atoms with Crippen molar-refractivity contribution in [2.45, 2.75) is 0 Å². The summed E-state index contributed by atoms with van der Waals surface area (Å²) in [6.45, 7) is 0. The Bertz CT molecular complexity index is 1000. The molecule has 140 valence electrons. The Morgan fingerprint density at radius 2 is 1.11 bits per heavy atom. The smallest absolute Gasteiger partial charge is 0.316 e. The van der Waals surface area contributed by atoms with Gasteiger partial charge in [0.25, 0.3) is 11.8 Å². The number of amides is 4. The molecule has 5 N–H and O–H groups in total. The van der Waals surface area contributed by atoms with Crippen LogP contribution in [0.15, 0.2) is 78.9 Å². The minimum atomic E-state index is -0.684. The second-order valence-corrected chi connectivity index (χ2v) is 5.92. The Kier molecular flexibility index (Phi) is 5.66. The van der Waals surface area contributed by atoms with Crippen molar-refractivity contribution in [1.82, 2.24) is 0 Å². The van der Waals surface area contributed by atoms with Crippen LogP contribution in [0.4, 0.5) is 21.9 Å². The lowest BCUT2D eigenvalue weighted by molar-refractivity contribution is 0.102. The van der Waals surface area contributed by atoms with Gasteiger partial charge in [-0.1, -0.05) is 24.3 Å². The molecule has 3 aromatic carbocycles. The summed E-state index contributed by atoms with van der Waals surface area (Å²) in [5.74, 6) is -0.547. The fourth-order valence-electron chi connectivity index (χ4n) is 2.52. The van der Waals surface area contributed by atoms with E-state index in [1.54, 1.807) is 72.8 Å². The van der Waals surface area contributed by atoms with Gasteiger partial charge in [-0.3, -0.25) is 9.59 Å². The van der Waals surface area contributed by atoms with Crippen molar-refractivity contribution >= 4 is 34.9 Å². The molecule has 4 amide bonds. The molecule has 0 aliphatic rings. The number of carbonyl (C=O) groups excluding carboxylic acids is 3. The lowest BCUT2D eigenvalue weighted by atomic mass is 10.1. The fraction of sp³-hybridized carbons (Fsp3) is 0. The maximum absolute atomic E-state index is 12.4. The lowest BCUT2D eigenvalue weighted by Gasteiger charge is -2.09. The molecule has 0 unspecified atom stereocenters. The number of hydrogen-bond donors (Lipinski definition) is 4. The highest BCUT2D eigenvalue weighted by molar-refractivity contribution is 6.06. The summed E-state index contributed by atoms with van der Waals surface area (Å²) in [5.41, 5.74) is 7.63. The van der Waals surface area contributed by atoms with Crippen molar-refractivity contribution < 1.29 is 14.4 Å². The number of carbonyl (C=O) groups is 3. The number of nitrogens with two attached hydrogens (primary N) is 1. The van der Waals surface area contributed by atoms with Gasteiger partial charge in [-0.15, -0.1) is 0 Å². The zero-order valence-corrected chi connectivity index (χ0v) is 14.8. The van der Waals surface area contributed by atoms with Crippen molar-refractivity contribution in [1.29, 1.82) is 0 Å². The van der Waals surface area contributed by atoms with Gasteiger partial charge in [0.1, 0.15) is 0 Å². The van der Waals surface area contributed by atoms with Gasteiger partial charge in [-0.05, 0) is 54.6 Å². The fourth-order valence-corrected chi connectivity index (χ4v) is 2.52. The number of urea groups is 1. The summed E-state index contributed by atoms with van der Waals surface area (Å²) in [6.07, 6.45) is 0. The number of benzene rings is 3. The number of anilines is 3. The van der Waals surface area contributed by atoms with Crippen LogP contribution in [0.1, 0.15) is 20.7 Å². The molecule has 0 atom stereocenters. The van der Waals surface area contributed by atoms with Gasteiger partial charge in [-0.25, -0.2) is 4.79 Å². The predicted octanol–water partition coefficient (Wildman–Crippen LogP) is 3.68. The molecule has 28 heavy (non-hydrogen) atoms. The molecule has 0 fully saturated rings. The van der Waals surface area contributed by atoms with E-state index in [4.69, 9.17) is 5.73 Å². The van der Waals surface area contributed by atoms with Gasteiger partial charge in [0, 0.05) is 28.2 Å². The molecule has 0 radical (unpaired) electrons. The van der Waals surface area contributed by atoms with Crippen LogP contribution in [0.3, 0.4) is 0 Å². The first-order chi connectivity index (χ1) is 13.5. The van der Waals surface area contributed by atoms with E-state index in [9.17, 15) is 14.4 Å². The molecule has 0 spiro atoms. The molecule has 0 heterocycles. The lowest BCUT2D eigenvalue weighted by Crippen LogP contribution is -2.19. The Labute approximate surface area is 161 Å². The molecular formula is C21H18N4O3. The SMILES string of the molecule is NC(=O)Nc1cccc(NC(=O)c2ccc(NC(=O)c3ccccc3)cc2)c1. The molecular weight excluding hydrogens is 356 g/mol. The van der Waals surface area contributed by atoms with Crippen molar-refractivity contribution in [3.8, 4) is 0 Å². The van der Waals surface area contributed by atoms with Crippen LogP contribution in [0, 0.1) is 0 Å². The van der Waals surface area contributed by atoms with Crippen molar-refractivity contribution in [2.75, 3.05) is 16.0 Å². The van der Waals surface area contributed by atoms with Gasteiger partial charge in [0.2, 0.25) is 0 Å². The van der Waals surface area contributed by atoms with E-state index in [1.807, 2.05) is 6.07 Å². The summed E-state index contributed by atoms with van der Waals surface area (Å²) >= 11 is 0. The highest BCUT2D eigenvalue weighted by atomic mass is 16.2. The zero-order valence-electron chi connectivity index (χ0n) is 14.8. The van der Waals surface area contributed by atoms with E-state index < -0.39 is 6.03 Å². The van der Waals surface area contributed by atoms with E-state index in [2.05, 4.69) is 16.0 Å². The third-order valence-corrected chi connectivity index (χ3v) is 3.83. The quantitative estimate of drug-likeness (QED) is 0.546. The van der Waals surface area contributed by atoms with Gasteiger partial charge >= 0.3 is 6.03 Å². The van der Waals surface area contributed by atoms with E-state index in [0.29, 0.717) is 28.2 Å². The molecule has 0 bridgehead atoms. The van der Waals surface area contributed by atoms with Gasteiger partial charge in [0.05, 0.1) is 0 Å². The highest BCUT2D eigenvalue weighted by Gasteiger charge is 2.09. The van der Waals surface area contributed by atoms with E-state index in [1.165, 1.54) is 0 Å². The predicted molar refractivity (Wildman–Crippen MR) is 108 cm³/mol. The minimum absolute atomic E-state index is 0.225. The molecule has 3 rings (SSSR count). The van der Waals surface area contributed by atoms with Crippen LogP contribution in [0.25, 0.3) is 0 Å². The molecule has 0 saturated carbocycles. The molecule has 7 heteroatoms. The second kappa shape index (κ2) is 8.50. The van der Waals surface area contributed by atoms with Crippen LogP contribution >= 0.6 is 0 Å². The average molecular weight is 374 g/mol. The molecule has 0 saturated heterocycles. The van der Waals surface area contributed by atoms with Crippen molar-refractivity contribution in [2.24, 2.45) is 5.73 Å². The number of rotatable bonds is 5. The summed E-state index contributed by atoms with van der Waals surface area (Å²) in [7, 11) is 0. The first kappa shape index (κ1) is 18.7. The van der Waals surface area contributed by atoms with Crippen LogP contribution < -0.4 is 21.7 Å². The largest absolute Gasteiger partial charge is 0.351 e. The van der Waals surface area contributed by atoms with Crippen LogP contribution in [-0.2, 0) is 0 Å². The zero-order chi connectivity index (χ0) is 19.9. The molecule has 0 aliphatic carbocycles. The normalized spacial score (nSPS) is 10.0. The number of nitrogens with one attached hydrogen (secondary N) is 3. The van der Waals surface area contributed by atoms with E-state index >= 15 is 0 Å². The first-order valence-corrected chi connectivity index (χ1v) is 8.45. The maximum atomic E-state index is 12.4. The van der Waals surface area contributed by atoms with Gasteiger partial charge < -0.3 is 21.7 Å². The highest BCUT2D eigenvalue weighted by Crippen LogP contribution is 2.17. The first-order valence-electron chi connectivity index (χ1n) is 8.45. The second-order valence-electron chi connectivity index (χ2n) is 5.92. The van der Waals surface area contributed by atoms with Crippen LogP contribution in [0.5, 0.6) is 0 Å². The monoisotopic (exact) mass is 374 g/mol. The standard InChI is InChI=1S/C21H18N4O3/c22-21(28)25-18-8-4-7-17(13-18)24-20(27)15-9-11-16(12-10-15)23-19(26)14-5-2-1-3-6-14/h1-13H,(H,23,26)(H,24,27)(H3,22,25,28). The van der Waals surface area contributed by atoms with E-state index in [0.717, 1.165) is 0 Å². The Morgan fingerprint density at radius 3 is 1.71 bits per heavy atom. The molecule has 3 aromatic rings. The van der Waals surface area contributed by atoms with E-state index in [-0.39, 0.29) is 11.8 Å². The van der Waals surface area contributed by atoms with Crippen molar-refractivity contribution in [3.05, 3.63) is 90.0 Å². The maximum Gasteiger partial charge on any atom is 0.316 e. The number of hydrogen-bond acceptors (Lipinski definition) is 3. The topological polar surface area (TPSA) is 113 Å². The van der Waals surface area contributed by atoms with Crippen LogP contribution in [0.2, 0.25) is 0 Å². The Morgan fingerprint density at radius 1 is 0.571 bits per heavy atom. The third kappa shape index (κ3) is 4.95. The Hall–Kier alpha value is -4.13. The summed E-state index contributed by atoms with van der Waals surface area (Å²) in [6, 6.07) is 21.3. The summed E-state index contributed by atoms with van der Waals surface area (Å²) < 4.78 is 0. The van der Waals surface area contributed by atoms with Crippen molar-refractivity contribution in [3.63, 3.8) is 0 Å². The average Bonchev–Trinajstić information content (AvgIpc) is 2.69. The Balaban J connectivity index is 1.64. The number of primary amides is 1. The summed E-state index contributed by atoms with van der Waals surface area (Å²) in [5, 5.41) is 7.96. The molecule has 0 aliphatic heterocycles. The van der Waals surface area contributed by atoms with Gasteiger partial charge in [0.15, 0.2) is 0 Å². The van der Waals surface area contributed by atoms with Crippen LogP contribution in [-0.4, -0.2) is 17.8 Å². The molecule has 0 aromatic heterocycles. The minimum Gasteiger partial charge on any atom is -0.351 e. The third-order valence-electron chi connectivity index (χ3n) is 3.83. The molecule has 7 nitrogen and oxygen atoms in total.